The van der Waals surface area contributed by atoms with Crippen LogP contribution >= 0.6 is 0 Å². The van der Waals surface area contributed by atoms with Crippen LogP contribution in [-0.4, -0.2) is 17.6 Å². The normalized spacial score (nSPS) is 10.4. The maximum absolute atomic E-state index is 12.2. The van der Waals surface area contributed by atoms with Crippen molar-refractivity contribution in [1.82, 2.24) is 5.32 Å². The second-order valence-electron chi connectivity index (χ2n) is 4.99. The van der Waals surface area contributed by atoms with Gasteiger partial charge in [-0.05, 0) is 35.6 Å². The molecular formula is C18H21NO2. The molecule has 3 heteroatoms. The molecule has 0 atom stereocenters. The lowest BCUT2D eigenvalue weighted by molar-refractivity contribution is 0.0953. The van der Waals surface area contributed by atoms with Gasteiger partial charge in [-0.25, -0.2) is 0 Å². The number of rotatable bonds is 6. The number of aliphatic hydroxyl groups is 1. The van der Waals surface area contributed by atoms with Gasteiger partial charge in [-0.3, -0.25) is 4.79 Å². The molecule has 110 valence electrons. The summed E-state index contributed by atoms with van der Waals surface area (Å²) in [5, 5.41) is 12.0. The Bertz CT molecular complexity index is 590. The molecule has 0 aromatic heterocycles. The van der Waals surface area contributed by atoms with Gasteiger partial charge >= 0.3 is 0 Å². The first-order valence-electron chi connectivity index (χ1n) is 7.29. The number of hydrogen-bond acceptors (Lipinski definition) is 2. The third-order valence-corrected chi connectivity index (χ3v) is 3.55. The number of amides is 1. The Hall–Kier alpha value is -2.13. The van der Waals surface area contributed by atoms with E-state index in [4.69, 9.17) is 5.11 Å². The second kappa shape index (κ2) is 7.60. The molecule has 2 aromatic carbocycles. The van der Waals surface area contributed by atoms with Gasteiger partial charge in [-0.1, -0.05) is 49.4 Å². The summed E-state index contributed by atoms with van der Waals surface area (Å²) < 4.78 is 0. The Morgan fingerprint density at radius 1 is 1.05 bits per heavy atom. The Morgan fingerprint density at radius 3 is 2.38 bits per heavy atom. The largest absolute Gasteiger partial charge is 0.392 e. The summed E-state index contributed by atoms with van der Waals surface area (Å²) in [7, 11) is 0. The quantitative estimate of drug-likeness (QED) is 0.856. The zero-order valence-corrected chi connectivity index (χ0v) is 12.3. The van der Waals surface area contributed by atoms with Gasteiger partial charge in [0.05, 0.1) is 6.61 Å². The molecule has 0 fully saturated rings. The number of nitrogens with one attached hydrogen (secondary N) is 1. The van der Waals surface area contributed by atoms with Gasteiger partial charge in [-0.2, -0.15) is 0 Å². The zero-order valence-electron chi connectivity index (χ0n) is 12.3. The molecule has 2 aromatic rings. The van der Waals surface area contributed by atoms with Crippen molar-refractivity contribution in [2.75, 3.05) is 6.54 Å². The van der Waals surface area contributed by atoms with E-state index in [9.17, 15) is 4.79 Å². The minimum Gasteiger partial charge on any atom is -0.392 e. The van der Waals surface area contributed by atoms with Gasteiger partial charge < -0.3 is 10.4 Å². The Morgan fingerprint density at radius 2 is 1.71 bits per heavy atom. The van der Waals surface area contributed by atoms with E-state index in [0.717, 1.165) is 35.1 Å². The fourth-order valence-corrected chi connectivity index (χ4v) is 2.28. The van der Waals surface area contributed by atoms with E-state index < -0.39 is 0 Å². The van der Waals surface area contributed by atoms with Crippen molar-refractivity contribution in [3.63, 3.8) is 0 Å². The Balaban J connectivity index is 1.89. The molecular weight excluding hydrogens is 262 g/mol. The SMILES string of the molecule is CCc1ccccc1C(=O)NCCc1ccc(CO)cc1. The molecule has 0 saturated heterocycles. The maximum Gasteiger partial charge on any atom is 0.251 e. The Labute approximate surface area is 125 Å². The monoisotopic (exact) mass is 283 g/mol. The minimum atomic E-state index is -0.0144. The molecule has 2 N–H and O–H groups in total. The molecule has 0 spiro atoms. The van der Waals surface area contributed by atoms with Crippen molar-refractivity contribution < 1.29 is 9.90 Å². The number of benzene rings is 2. The smallest absolute Gasteiger partial charge is 0.251 e. The van der Waals surface area contributed by atoms with Crippen LogP contribution in [0.3, 0.4) is 0 Å². The van der Waals surface area contributed by atoms with E-state index in [-0.39, 0.29) is 12.5 Å². The van der Waals surface area contributed by atoms with Crippen LogP contribution in [0.15, 0.2) is 48.5 Å². The van der Waals surface area contributed by atoms with Crippen LogP contribution in [0.2, 0.25) is 0 Å². The molecule has 0 aliphatic rings. The van der Waals surface area contributed by atoms with Crippen LogP contribution < -0.4 is 5.32 Å². The van der Waals surface area contributed by atoms with Crippen LogP contribution in [0.1, 0.15) is 34.0 Å². The molecule has 0 heterocycles. The molecule has 0 aliphatic heterocycles. The molecule has 0 radical (unpaired) electrons. The fourth-order valence-electron chi connectivity index (χ4n) is 2.28. The highest BCUT2D eigenvalue weighted by Gasteiger charge is 2.08. The topological polar surface area (TPSA) is 49.3 Å². The zero-order chi connectivity index (χ0) is 15.1. The summed E-state index contributed by atoms with van der Waals surface area (Å²) >= 11 is 0. The predicted octanol–water partition coefficient (Wildman–Crippen LogP) is 2.71. The van der Waals surface area contributed by atoms with Crippen molar-refractivity contribution in [3.05, 3.63) is 70.8 Å². The highest BCUT2D eigenvalue weighted by molar-refractivity contribution is 5.95. The minimum absolute atomic E-state index is 0.0144. The lowest BCUT2D eigenvalue weighted by Crippen LogP contribution is -2.26. The van der Waals surface area contributed by atoms with E-state index >= 15 is 0 Å². The van der Waals surface area contributed by atoms with Gasteiger partial charge in [0.1, 0.15) is 0 Å². The Kier molecular flexibility index (Phi) is 5.52. The van der Waals surface area contributed by atoms with E-state index in [1.54, 1.807) is 0 Å². The first-order chi connectivity index (χ1) is 10.2. The summed E-state index contributed by atoms with van der Waals surface area (Å²) in [6.45, 7) is 2.72. The lowest BCUT2D eigenvalue weighted by atomic mass is 10.0. The molecule has 2 rings (SSSR count). The summed E-state index contributed by atoms with van der Waals surface area (Å²) in [4.78, 5) is 12.2. The standard InChI is InChI=1S/C18H21NO2/c1-2-16-5-3-4-6-17(16)18(21)19-12-11-14-7-9-15(13-20)10-8-14/h3-10,20H,2,11-13H2,1H3,(H,19,21). The van der Waals surface area contributed by atoms with E-state index in [1.807, 2.05) is 48.5 Å². The molecule has 0 aliphatic carbocycles. The summed E-state index contributed by atoms with van der Waals surface area (Å²) in [5.74, 6) is -0.0144. The molecule has 3 nitrogen and oxygen atoms in total. The van der Waals surface area contributed by atoms with Crippen LogP contribution in [0, 0.1) is 0 Å². The van der Waals surface area contributed by atoms with Crippen LogP contribution in [-0.2, 0) is 19.4 Å². The van der Waals surface area contributed by atoms with Crippen molar-refractivity contribution in [2.24, 2.45) is 0 Å². The number of aryl methyl sites for hydroxylation is 1. The van der Waals surface area contributed by atoms with Crippen LogP contribution in [0.4, 0.5) is 0 Å². The van der Waals surface area contributed by atoms with Crippen molar-refractivity contribution in [2.45, 2.75) is 26.4 Å². The van der Waals surface area contributed by atoms with Crippen molar-refractivity contribution in [3.8, 4) is 0 Å². The molecule has 0 saturated carbocycles. The number of carbonyl (C=O) groups is 1. The first kappa shape index (κ1) is 15.3. The van der Waals surface area contributed by atoms with Gasteiger partial charge in [0.2, 0.25) is 0 Å². The third-order valence-electron chi connectivity index (χ3n) is 3.55. The van der Waals surface area contributed by atoms with Crippen LogP contribution in [0.25, 0.3) is 0 Å². The second-order valence-corrected chi connectivity index (χ2v) is 4.99. The average Bonchev–Trinajstić information content (AvgIpc) is 2.55. The first-order valence-corrected chi connectivity index (χ1v) is 7.29. The number of carbonyl (C=O) groups excluding carboxylic acids is 1. The highest BCUT2D eigenvalue weighted by Crippen LogP contribution is 2.09. The molecule has 21 heavy (non-hydrogen) atoms. The summed E-state index contributed by atoms with van der Waals surface area (Å²) in [6.07, 6.45) is 1.64. The van der Waals surface area contributed by atoms with E-state index in [2.05, 4.69) is 12.2 Å². The summed E-state index contributed by atoms with van der Waals surface area (Å²) in [6, 6.07) is 15.5. The summed E-state index contributed by atoms with van der Waals surface area (Å²) in [5.41, 5.74) is 3.88. The van der Waals surface area contributed by atoms with E-state index in [1.165, 1.54) is 0 Å². The van der Waals surface area contributed by atoms with Crippen LogP contribution in [0.5, 0.6) is 0 Å². The van der Waals surface area contributed by atoms with E-state index in [0.29, 0.717) is 6.54 Å². The van der Waals surface area contributed by atoms with Gasteiger partial charge in [0.25, 0.3) is 5.91 Å². The third kappa shape index (κ3) is 4.17. The van der Waals surface area contributed by atoms with Crippen molar-refractivity contribution >= 4 is 5.91 Å². The molecule has 0 bridgehead atoms. The molecule has 0 unspecified atom stereocenters. The highest BCUT2D eigenvalue weighted by atomic mass is 16.3. The average molecular weight is 283 g/mol. The fraction of sp³-hybridized carbons (Fsp3) is 0.278. The van der Waals surface area contributed by atoms with Crippen molar-refractivity contribution in [1.29, 1.82) is 0 Å². The number of aliphatic hydroxyl groups excluding tert-OH is 1. The number of hydrogen-bond donors (Lipinski definition) is 2. The lowest BCUT2D eigenvalue weighted by Gasteiger charge is -2.09. The maximum atomic E-state index is 12.2. The van der Waals surface area contributed by atoms with Gasteiger partial charge in [0, 0.05) is 12.1 Å². The van der Waals surface area contributed by atoms with Gasteiger partial charge in [-0.15, -0.1) is 0 Å². The van der Waals surface area contributed by atoms with Gasteiger partial charge in [0.15, 0.2) is 0 Å². The predicted molar refractivity (Wildman–Crippen MR) is 84.2 cm³/mol. The molecule has 1 amide bonds.